The molecule has 0 aliphatic rings. The molecule has 3 aromatic rings. The molecule has 0 fully saturated rings. The molecule has 0 atom stereocenters. The number of thiazole rings is 1. The molecule has 7 nitrogen and oxygen atoms in total. The Hall–Kier alpha value is -3.00. The minimum absolute atomic E-state index is 0.00765. The van der Waals surface area contributed by atoms with E-state index in [0.29, 0.717) is 21.1 Å². The van der Waals surface area contributed by atoms with Crippen LogP contribution in [0.5, 0.6) is 0 Å². The van der Waals surface area contributed by atoms with Gasteiger partial charge in [-0.2, -0.15) is 0 Å². The summed E-state index contributed by atoms with van der Waals surface area (Å²) in [5.41, 5.74) is 0.590. The van der Waals surface area contributed by atoms with Crippen molar-refractivity contribution >= 4 is 44.4 Å². The number of aromatic nitrogens is 1. The minimum Gasteiger partial charge on any atom is -0.465 e. The zero-order valence-corrected chi connectivity index (χ0v) is 11.9. The molecule has 0 saturated carbocycles. The fraction of sp³-hybridized carbons (Fsp3) is 0. The number of furan rings is 1. The van der Waals surface area contributed by atoms with Crippen molar-refractivity contribution < 1.29 is 14.1 Å². The number of hydrogen-bond acceptors (Lipinski definition) is 6. The van der Waals surface area contributed by atoms with Gasteiger partial charge in [-0.25, -0.2) is 4.98 Å². The summed E-state index contributed by atoms with van der Waals surface area (Å²) in [6, 6.07) is 7.81. The number of rotatable bonds is 4. The van der Waals surface area contributed by atoms with E-state index in [0.717, 1.165) is 0 Å². The first-order chi connectivity index (χ1) is 10.6. The average molecular weight is 315 g/mol. The van der Waals surface area contributed by atoms with Gasteiger partial charge in [-0.15, -0.1) is 0 Å². The van der Waals surface area contributed by atoms with Crippen molar-refractivity contribution in [2.24, 2.45) is 0 Å². The van der Waals surface area contributed by atoms with E-state index in [2.05, 4.69) is 10.3 Å². The van der Waals surface area contributed by atoms with Crippen LogP contribution in [0.4, 0.5) is 10.8 Å². The molecule has 0 bridgehead atoms. The van der Waals surface area contributed by atoms with Crippen molar-refractivity contribution in [3.05, 3.63) is 58.5 Å². The van der Waals surface area contributed by atoms with Crippen LogP contribution in [0, 0.1) is 10.1 Å². The van der Waals surface area contributed by atoms with Gasteiger partial charge < -0.3 is 4.42 Å². The van der Waals surface area contributed by atoms with Crippen molar-refractivity contribution in [1.29, 1.82) is 0 Å². The lowest BCUT2D eigenvalue weighted by molar-refractivity contribution is -0.384. The number of carbonyl (C=O) groups excluding carboxylic acids is 1. The van der Waals surface area contributed by atoms with Gasteiger partial charge >= 0.3 is 0 Å². The summed E-state index contributed by atoms with van der Waals surface area (Å²) in [5, 5.41) is 13.7. The minimum atomic E-state index is -0.469. The number of nitrogens with one attached hydrogen (secondary N) is 1. The SMILES string of the molecule is O=C(C=Cc1ccco1)Nc1nc2ccc([N+](=O)[O-])cc2s1. The van der Waals surface area contributed by atoms with Crippen molar-refractivity contribution in [1.82, 2.24) is 4.98 Å². The number of non-ortho nitro benzene ring substituents is 1. The maximum atomic E-state index is 11.8. The molecular formula is C14H9N3O4S. The first-order valence-electron chi connectivity index (χ1n) is 6.19. The lowest BCUT2D eigenvalue weighted by atomic mass is 10.3. The summed E-state index contributed by atoms with van der Waals surface area (Å²) in [7, 11) is 0. The highest BCUT2D eigenvalue weighted by Crippen LogP contribution is 2.29. The number of fused-ring (bicyclic) bond motifs is 1. The molecule has 0 aliphatic heterocycles. The maximum Gasteiger partial charge on any atom is 0.270 e. The van der Waals surface area contributed by atoms with E-state index in [4.69, 9.17) is 4.42 Å². The molecule has 1 aromatic carbocycles. The van der Waals surface area contributed by atoms with Gasteiger partial charge in [0.05, 0.1) is 21.4 Å². The number of anilines is 1. The van der Waals surface area contributed by atoms with E-state index >= 15 is 0 Å². The molecule has 0 saturated heterocycles. The predicted molar refractivity (Wildman–Crippen MR) is 82.6 cm³/mol. The Morgan fingerprint density at radius 1 is 1.41 bits per heavy atom. The van der Waals surface area contributed by atoms with Crippen LogP contribution in [0.15, 0.2) is 47.1 Å². The Morgan fingerprint density at radius 2 is 2.27 bits per heavy atom. The van der Waals surface area contributed by atoms with Gasteiger partial charge in [0, 0.05) is 18.2 Å². The zero-order valence-electron chi connectivity index (χ0n) is 11.1. The molecule has 22 heavy (non-hydrogen) atoms. The summed E-state index contributed by atoms with van der Waals surface area (Å²) < 4.78 is 5.71. The second kappa shape index (κ2) is 5.78. The number of benzene rings is 1. The van der Waals surface area contributed by atoms with Crippen LogP contribution in [-0.2, 0) is 4.79 Å². The number of carbonyl (C=O) groups is 1. The second-order valence-corrected chi connectivity index (χ2v) is 5.30. The lowest BCUT2D eigenvalue weighted by Crippen LogP contribution is -2.07. The third-order valence-electron chi connectivity index (χ3n) is 2.76. The molecule has 8 heteroatoms. The molecule has 0 aliphatic carbocycles. The van der Waals surface area contributed by atoms with E-state index in [1.807, 2.05) is 0 Å². The van der Waals surface area contributed by atoms with Crippen LogP contribution in [0.1, 0.15) is 5.76 Å². The van der Waals surface area contributed by atoms with Crippen molar-refractivity contribution in [2.45, 2.75) is 0 Å². The summed E-state index contributed by atoms with van der Waals surface area (Å²) >= 11 is 1.18. The number of nitrogens with zero attached hydrogens (tertiary/aromatic N) is 2. The largest absolute Gasteiger partial charge is 0.465 e. The Balaban J connectivity index is 1.76. The highest BCUT2D eigenvalue weighted by atomic mass is 32.1. The summed E-state index contributed by atoms with van der Waals surface area (Å²) in [6.07, 6.45) is 4.37. The molecule has 2 aromatic heterocycles. The molecule has 1 amide bonds. The Bertz CT molecular complexity index is 867. The molecular weight excluding hydrogens is 306 g/mol. The van der Waals surface area contributed by atoms with Crippen molar-refractivity contribution in [3.63, 3.8) is 0 Å². The number of nitro groups is 1. The average Bonchev–Trinajstić information content (AvgIpc) is 3.13. The molecule has 0 unspecified atom stereocenters. The number of amides is 1. The molecule has 0 spiro atoms. The zero-order chi connectivity index (χ0) is 15.5. The quantitative estimate of drug-likeness (QED) is 0.451. The second-order valence-electron chi connectivity index (χ2n) is 4.27. The van der Waals surface area contributed by atoms with Gasteiger partial charge in [-0.3, -0.25) is 20.2 Å². The fourth-order valence-electron chi connectivity index (χ4n) is 1.77. The third-order valence-corrected chi connectivity index (χ3v) is 3.69. The number of hydrogen-bond donors (Lipinski definition) is 1. The van der Waals surface area contributed by atoms with Gasteiger partial charge in [-0.05, 0) is 24.3 Å². The van der Waals surface area contributed by atoms with E-state index in [1.165, 1.54) is 41.9 Å². The molecule has 110 valence electrons. The smallest absolute Gasteiger partial charge is 0.270 e. The molecule has 0 radical (unpaired) electrons. The van der Waals surface area contributed by atoms with Crippen LogP contribution in [0.2, 0.25) is 0 Å². The highest BCUT2D eigenvalue weighted by Gasteiger charge is 2.11. The number of nitro benzene ring substituents is 1. The monoisotopic (exact) mass is 315 g/mol. The van der Waals surface area contributed by atoms with Gasteiger partial charge in [0.15, 0.2) is 5.13 Å². The summed E-state index contributed by atoms with van der Waals surface area (Å²) in [4.78, 5) is 26.2. The van der Waals surface area contributed by atoms with Crippen LogP contribution in [0.3, 0.4) is 0 Å². The van der Waals surface area contributed by atoms with Crippen LogP contribution < -0.4 is 5.32 Å². The van der Waals surface area contributed by atoms with Gasteiger partial charge in [-0.1, -0.05) is 11.3 Å². The standard InChI is InChI=1S/C14H9N3O4S/c18-13(6-4-10-2-1-7-21-10)16-14-15-11-5-3-9(17(19)20)8-12(11)22-14/h1-8H,(H,15,16,18). The predicted octanol–water partition coefficient (Wildman–Crippen LogP) is 3.45. The van der Waals surface area contributed by atoms with Gasteiger partial charge in [0.1, 0.15) is 5.76 Å². The first kappa shape index (κ1) is 14.0. The molecule has 1 N–H and O–H groups in total. The Labute approximate surface area is 128 Å². The van der Waals surface area contributed by atoms with Crippen LogP contribution in [0.25, 0.3) is 16.3 Å². The van der Waals surface area contributed by atoms with E-state index in [9.17, 15) is 14.9 Å². The summed E-state index contributed by atoms with van der Waals surface area (Å²) in [5.74, 6) is 0.208. The van der Waals surface area contributed by atoms with Gasteiger partial charge in [0.2, 0.25) is 5.91 Å². The highest BCUT2D eigenvalue weighted by molar-refractivity contribution is 7.22. The Morgan fingerprint density at radius 3 is 3.00 bits per heavy atom. The molecule has 3 rings (SSSR count). The van der Waals surface area contributed by atoms with E-state index < -0.39 is 4.92 Å². The normalized spacial score (nSPS) is 11.1. The van der Waals surface area contributed by atoms with E-state index in [-0.39, 0.29) is 11.6 Å². The third kappa shape index (κ3) is 3.01. The van der Waals surface area contributed by atoms with E-state index in [1.54, 1.807) is 18.2 Å². The fourth-order valence-corrected chi connectivity index (χ4v) is 2.67. The van der Waals surface area contributed by atoms with Crippen LogP contribution in [-0.4, -0.2) is 15.8 Å². The van der Waals surface area contributed by atoms with Crippen molar-refractivity contribution in [3.8, 4) is 0 Å². The topological polar surface area (TPSA) is 98.3 Å². The first-order valence-corrected chi connectivity index (χ1v) is 7.01. The molecule has 2 heterocycles. The van der Waals surface area contributed by atoms with Crippen molar-refractivity contribution in [2.75, 3.05) is 5.32 Å². The summed E-state index contributed by atoms with van der Waals surface area (Å²) in [6.45, 7) is 0. The van der Waals surface area contributed by atoms with Gasteiger partial charge in [0.25, 0.3) is 5.69 Å². The Kier molecular flexibility index (Phi) is 3.67. The maximum absolute atomic E-state index is 11.8. The lowest BCUT2D eigenvalue weighted by Gasteiger charge is -1.94. The van der Waals surface area contributed by atoms with Crippen LogP contribution >= 0.6 is 11.3 Å².